The lowest BCUT2D eigenvalue weighted by Crippen LogP contribution is -2.54. The smallest absolute Gasteiger partial charge is 0.335 e. The Labute approximate surface area is 189 Å². The van der Waals surface area contributed by atoms with Crippen molar-refractivity contribution in [2.75, 3.05) is 11.5 Å². The first kappa shape index (κ1) is 23.3. The summed E-state index contributed by atoms with van der Waals surface area (Å²) in [6.45, 7) is 6.02. The van der Waals surface area contributed by atoms with E-state index in [4.69, 9.17) is 21.1 Å². The standard InChI is InChI=1S/C23H22ClFN2O5/c1-4-13(3)32-20-18(24)11-14(12-19(20)31-5-2)10-17-21(28)26-23(30)27(22(17)29)16-8-6-15(25)7-9-16/h6-13H,4-5H2,1-3H3,(H,26,28,30)/b17-10+/t13-/m0/s1. The second-order valence-electron chi connectivity index (χ2n) is 7.03. The number of halogens is 2. The van der Waals surface area contributed by atoms with E-state index < -0.39 is 23.7 Å². The Balaban J connectivity index is 2.01. The number of anilines is 1. The Kier molecular flexibility index (Phi) is 7.15. The molecule has 4 amide bonds. The van der Waals surface area contributed by atoms with Gasteiger partial charge in [0.15, 0.2) is 11.5 Å². The molecule has 1 saturated heterocycles. The fourth-order valence-corrected chi connectivity index (χ4v) is 3.25. The maximum Gasteiger partial charge on any atom is 0.335 e. The molecule has 0 spiro atoms. The lowest BCUT2D eigenvalue weighted by Gasteiger charge is -2.26. The van der Waals surface area contributed by atoms with E-state index in [1.807, 2.05) is 13.8 Å². The van der Waals surface area contributed by atoms with Crippen molar-refractivity contribution < 1.29 is 28.2 Å². The van der Waals surface area contributed by atoms with Gasteiger partial charge >= 0.3 is 6.03 Å². The Morgan fingerprint density at radius 2 is 1.84 bits per heavy atom. The molecule has 0 unspecified atom stereocenters. The number of benzene rings is 2. The molecule has 1 aliphatic heterocycles. The van der Waals surface area contributed by atoms with Crippen molar-refractivity contribution in [1.29, 1.82) is 0 Å². The van der Waals surface area contributed by atoms with Crippen LogP contribution in [0.1, 0.15) is 32.8 Å². The molecule has 1 heterocycles. The van der Waals surface area contributed by atoms with E-state index in [1.165, 1.54) is 24.3 Å². The summed E-state index contributed by atoms with van der Waals surface area (Å²) in [6, 6.07) is 6.97. The Bertz CT molecular complexity index is 1080. The van der Waals surface area contributed by atoms with Crippen LogP contribution in [0.2, 0.25) is 5.02 Å². The monoisotopic (exact) mass is 460 g/mol. The van der Waals surface area contributed by atoms with Crippen LogP contribution in [-0.4, -0.2) is 30.6 Å². The molecule has 2 aromatic rings. The number of hydrogen-bond acceptors (Lipinski definition) is 5. The highest BCUT2D eigenvalue weighted by molar-refractivity contribution is 6.39. The maximum absolute atomic E-state index is 13.2. The summed E-state index contributed by atoms with van der Waals surface area (Å²) >= 11 is 6.40. The zero-order valence-electron chi connectivity index (χ0n) is 17.8. The van der Waals surface area contributed by atoms with Crippen LogP contribution in [0, 0.1) is 5.82 Å². The molecule has 32 heavy (non-hydrogen) atoms. The summed E-state index contributed by atoms with van der Waals surface area (Å²) in [7, 11) is 0. The quantitative estimate of drug-likeness (QED) is 0.477. The lowest BCUT2D eigenvalue weighted by atomic mass is 10.1. The number of nitrogens with one attached hydrogen (secondary N) is 1. The molecule has 9 heteroatoms. The summed E-state index contributed by atoms with van der Waals surface area (Å²) < 4.78 is 24.7. The van der Waals surface area contributed by atoms with E-state index in [2.05, 4.69) is 5.32 Å². The van der Waals surface area contributed by atoms with Crippen molar-refractivity contribution in [2.45, 2.75) is 33.3 Å². The van der Waals surface area contributed by atoms with E-state index in [0.29, 0.717) is 23.7 Å². The zero-order chi connectivity index (χ0) is 23.4. The van der Waals surface area contributed by atoms with Gasteiger partial charge in [-0.2, -0.15) is 0 Å². The summed E-state index contributed by atoms with van der Waals surface area (Å²) in [5, 5.41) is 2.37. The highest BCUT2D eigenvalue weighted by atomic mass is 35.5. The SMILES string of the molecule is CCOc1cc(/C=C2\C(=O)NC(=O)N(c3ccc(F)cc3)C2=O)cc(Cl)c1O[C@@H](C)CC. The first-order valence-electron chi connectivity index (χ1n) is 10.0. The number of nitrogens with zero attached hydrogens (tertiary/aromatic N) is 1. The van der Waals surface area contributed by atoms with E-state index in [0.717, 1.165) is 23.5 Å². The molecule has 0 aromatic heterocycles. The third-order valence-electron chi connectivity index (χ3n) is 4.72. The molecule has 0 saturated carbocycles. The molecule has 0 aliphatic carbocycles. The number of urea groups is 1. The Morgan fingerprint density at radius 3 is 2.47 bits per heavy atom. The number of ether oxygens (including phenoxy) is 2. The minimum absolute atomic E-state index is 0.100. The number of hydrogen-bond donors (Lipinski definition) is 1. The molecule has 2 aromatic carbocycles. The van der Waals surface area contributed by atoms with Crippen LogP contribution in [0.5, 0.6) is 11.5 Å². The summed E-state index contributed by atoms with van der Waals surface area (Å²) in [5.74, 6) is -1.50. The minimum atomic E-state index is -0.922. The zero-order valence-corrected chi connectivity index (χ0v) is 18.5. The van der Waals surface area contributed by atoms with Crippen LogP contribution < -0.4 is 19.7 Å². The lowest BCUT2D eigenvalue weighted by molar-refractivity contribution is -0.122. The first-order chi connectivity index (χ1) is 15.2. The number of rotatable bonds is 7. The highest BCUT2D eigenvalue weighted by Gasteiger charge is 2.36. The van der Waals surface area contributed by atoms with E-state index in [-0.39, 0.29) is 22.4 Å². The van der Waals surface area contributed by atoms with E-state index in [1.54, 1.807) is 13.0 Å². The van der Waals surface area contributed by atoms with E-state index in [9.17, 15) is 18.8 Å². The highest BCUT2D eigenvalue weighted by Crippen LogP contribution is 2.38. The van der Waals surface area contributed by atoms with Crippen LogP contribution in [0.25, 0.3) is 6.08 Å². The van der Waals surface area contributed by atoms with Crippen LogP contribution in [0.15, 0.2) is 42.0 Å². The van der Waals surface area contributed by atoms with Gasteiger partial charge in [0.1, 0.15) is 11.4 Å². The molecular formula is C23H22ClFN2O5. The van der Waals surface area contributed by atoms with Crippen LogP contribution in [-0.2, 0) is 9.59 Å². The maximum atomic E-state index is 13.2. The number of imide groups is 2. The average Bonchev–Trinajstić information content (AvgIpc) is 2.74. The Hall–Kier alpha value is -3.39. The first-order valence-corrected chi connectivity index (χ1v) is 10.4. The number of amides is 4. The van der Waals surface area contributed by atoms with Crippen molar-refractivity contribution in [1.82, 2.24) is 5.32 Å². The molecule has 168 valence electrons. The predicted molar refractivity (Wildman–Crippen MR) is 118 cm³/mol. The molecule has 0 bridgehead atoms. The number of carbonyl (C=O) groups is 3. The fraction of sp³-hybridized carbons (Fsp3) is 0.261. The largest absolute Gasteiger partial charge is 0.490 e. The van der Waals surface area contributed by atoms with Gasteiger partial charge in [-0.3, -0.25) is 14.9 Å². The minimum Gasteiger partial charge on any atom is -0.490 e. The van der Waals surface area contributed by atoms with Crippen molar-refractivity contribution in [3.63, 3.8) is 0 Å². The normalized spacial score (nSPS) is 16.2. The van der Waals surface area contributed by atoms with Crippen LogP contribution in [0.4, 0.5) is 14.9 Å². The van der Waals surface area contributed by atoms with Gasteiger partial charge in [-0.15, -0.1) is 0 Å². The summed E-state index contributed by atoms with van der Waals surface area (Å²) in [5.41, 5.74) is 0.238. The van der Waals surface area contributed by atoms with Gasteiger partial charge in [0.25, 0.3) is 11.8 Å². The fourth-order valence-electron chi connectivity index (χ4n) is 2.98. The molecule has 7 nitrogen and oxygen atoms in total. The van der Waals surface area contributed by atoms with Gasteiger partial charge < -0.3 is 9.47 Å². The molecule has 3 rings (SSSR count). The molecule has 0 radical (unpaired) electrons. The van der Waals surface area contributed by atoms with Crippen LogP contribution in [0.3, 0.4) is 0 Å². The van der Waals surface area contributed by atoms with Gasteiger partial charge in [0, 0.05) is 0 Å². The van der Waals surface area contributed by atoms with E-state index >= 15 is 0 Å². The second kappa shape index (κ2) is 9.82. The molecule has 1 fully saturated rings. The summed E-state index contributed by atoms with van der Waals surface area (Å²) in [6.07, 6.45) is 1.97. The van der Waals surface area contributed by atoms with Crippen molar-refractivity contribution >= 4 is 41.2 Å². The second-order valence-corrected chi connectivity index (χ2v) is 7.44. The van der Waals surface area contributed by atoms with Crippen LogP contribution >= 0.6 is 11.6 Å². The molecule has 1 atom stereocenters. The molecule has 1 N–H and O–H groups in total. The molecular weight excluding hydrogens is 439 g/mol. The van der Waals surface area contributed by atoms with Crippen molar-refractivity contribution in [3.05, 3.63) is 58.4 Å². The predicted octanol–water partition coefficient (Wildman–Crippen LogP) is 4.72. The van der Waals surface area contributed by atoms with Gasteiger partial charge in [-0.1, -0.05) is 18.5 Å². The third kappa shape index (κ3) is 4.91. The van der Waals surface area contributed by atoms with Gasteiger partial charge in [-0.25, -0.2) is 14.1 Å². The Morgan fingerprint density at radius 1 is 1.16 bits per heavy atom. The summed E-state index contributed by atoms with van der Waals surface area (Å²) in [4.78, 5) is 38.4. The van der Waals surface area contributed by atoms with Crippen molar-refractivity contribution in [3.8, 4) is 11.5 Å². The molecule has 1 aliphatic rings. The van der Waals surface area contributed by atoms with Gasteiger partial charge in [-0.05, 0) is 68.3 Å². The third-order valence-corrected chi connectivity index (χ3v) is 5.00. The van der Waals surface area contributed by atoms with Crippen molar-refractivity contribution in [2.24, 2.45) is 0 Å². The van der Waals surface area contributed by atoms with Gasteiger partial charge in [0.05, 0.1) is 23.4 Å². The average molecular weight is 461 g/mol. The number of barbiturate groups is 1. The number of carbonyl (C=O) groups excluding carboxylic acids is 3. The van der Waals surface area contributed by atoms with Gasteiger partial charge in [0.2, 0.25) is 0 Å². The topological polar surface area (TPSA) is 84.9 Å².